The van der Waals surface area contributed by atoms with E-state index in [9.17, 15) is 9.59 Å². The van der Waals surface area contributed by atoms with Gasteiger partial charge in [-0.05, 0) is 12.5 Å². The van der Waals surface area contributed by atoms with E-state index in [1.54, 1.807) is 6.07 Å². The van der Waals surface area contributed by atoms with Crippen LogP contribution in [0.1, 0.15) is 12.5 Å². The van der Waals surface area contributed by atoms with Crippen molar-refractivity contribution in [3.63, 3.8) is 0 Å². The van der Waals surface area contributed by atoms with Gasteiger partial charge in [-0.1, -0.05) is 11.6 Å². The number of amides is 1. The van der Waals surface area contributed by atoms with Crippen LogP contribution >= 0.6 is 11.6 Å². The lowest BCUT2D eigenvalue weighted by molar-refractivity contribution is 0.154. The van der Waals surface area contributed by atoms with Gasteiger partial charge in [0.25, 0.3) is 0 Å². The molecular formula is C11H11ClN4O3. The first kappa shape index (κ1) is 12.0. The summed E-state index contributed by atoms with van der Waals surface area (Å²) >= 11 is 5.82. The van der Waals surface area contributed by atoms with Crippen LogP contribution in [0.25, 0.3) is 11.2 Å². The molecule has 0 aliphatic carbocycles. The first-order valence-electron chi connectivity index (χ1n) is 5.80. The summed E-state index contributed by atoms with van der Waals surface area (Å²) in [6.45, 7) is 0.721. The molecule has 1 fully saturated rings. The summed E-state index contributed by atoms with van der Waals surface area (Å²) in [5.41, 5.74) is 0.778. The third kappa shape index (κ3) is 1.95. The minimum Gasteiger partial charge on any atom is -0.465 e. The Kier molecular flexibility index (Phi) is 2.70. The molecule has 1 amide bonds. The molecule has 1 aliphatic rings. The zero-order valence-electron chi connectivity index (χ0n) is 9.84. The van der Waals surface area contributed by atoms with E-state index in [-0.39, 0.29) is 11.7 Å². The number of aromatic nitrogens is 3. The van der Waals surface area contributed by atoms with Crippen LogP contribution in [0.3, 0.4) is 0 Å². The summed E-state index contributed by atoms with van der Waals surface area (Å²) in [5, 5.41) is 9.39. The number of carbonyl (C=O) groups is 1. The smallest absolute Gasteiger partial charge is 0.407 e. The predicted octanol–water partition coefficient (Wildman–Crippen LogP) is 1.30. The van der Waals surface area contributed by atoms with Crippen LogP contribution in [0.4, 0.5) is 4.79 Å². The number of fused-ring (bicyclic) bond motifs is 1. The molecule has 0 radical (unpaired) electrons. The van der Waals surface area contributed by atoms with E-state index >= 15 is 0 Å². The second-order valence-corrected chi connectivity index (χ2v) is 4.93. The Morgan fingerprint density at radius 2 is 2.37 bits per heavy atom. The molecule has 2 N–H and O–H groups in total. The van der Waals surface area contributed by atoms with E-state index in [1.165, 1.54) is 15.7 Å². The van der Waals surface area contributed by atoms with Crippen LogP contribution in [-0.4, -0.2) is 43.7 Å². The summed E-state index contributed by atoms with van der Waals surface area (Å²) in [5.74, 6) is 0. The fourth-order valence-electron chi connectivity index (χ4n) is 2.45. The average molecular weight is 283 g/mol. The fourth-order valence-corrected chi connectivity index (χ4v) is 2.61. The third-order valence-electron chi connectivity index (χ3n) is 3.32. The molecule has 1 unspecified atom stereocenters. The van der Waals surface area contributed by atoms with Crippen LogP contribution < -0.4 is 5.69 Å². The summed E-state index contributed by atoms with van der Waals surface area (Å²) in [7, 11) is 0. The lowest BCUT2D eigenvalue weighted by atomic mass is 10.2. The van der Waals surface area contributed by atoms with Gasteiger partial charge in [-0.15, -0.1) is 0 Å². The molecule has 1 saturated heterocycles. The monoisotopic (exact) mass is 282 g/mol. The van der Waals surface area contributed by atoms with Crippen LogP contribution in [0.2, 0.25) is 5.02 Å². The highest BCUT2D eigenvalue weighted by molar-refractivity contribution is 6.31. The van der Waals surface area contributed by atoms with Gasteiger partial charge in [0.05, 0.1) is 16.6 Å². The maximum Gasteiger partial charge on any atom is 0.407 e. The Hall–Kier alpha value is -2.02. The van der Waals surface area contributed by atoms with Crippen molar-refractivity contribution in [1.82, 2.24) is 19.4 Å². The van der Waals surface area contributed by atoms with E-state index in [0.717, 1.165) is 0 Å². The predicted molar refractivity (Wildman–Crippen MR) is 68.6 cm³/mol. The number of pyridine rings is 1. The molecule has 3 heterocycles. The molecule has 0 bridgehead atoms. The minimum atomic E-state index is -0.966. The molecule has 3 rings (SSSR count). The van der Waals surface area contributed by atoms with Crippen molar-refractivity contribution in [2.24, 2.45) is 0 Å². The molecule has 100 valence electrons. The van der Waals surface area contributed by atoms with E-state index < -0.39 is 6.09 Å². The topological polar surface area (TPSA) is 91.2 Å². The largest absolute Gasteiger partial charge is 0.465 e. The van der Waals surface area contributed by atoms with E-state index in [2.05, 4.69) is 9.97 Å². The number of aromatic amines is 1. The number of H-pyrrole nitrogens is 1. The van der Waals surface area contributed by atoms with Crippen molar-refractivity contribution < 1.29 is 9.90 Å². The van der Waals surface area contributed by atoms with Crippen LogP contribution in [0.15, 0.2) is 17.1 Å². The van der Waals surface area contributed by atoms with Crippen LogP contribution in [-0.2, 0) is 0 Å². The highest BCUT2D eigenvalue weighted by Gasteiger charge is 2.29. The third-order valence-corrected chi connectivity index (χ3v) is 3.53. The van der Waals surface area contributed by atoms with Gasteiger partial charge < -0.3 is 15.0 Å². The number of halogens is 1. The van der Waals surface area contributed by atoms with Crippen molar-refractivity contribution in [1.29, 1.82) is 0 Å². The number of carboxylic acid groups (broad SMARTS) is 1. The zero-order chi connectivity index (χ0) is 13.6. The summed E-state index contributed by atoms with van der Waals surface area (Å²) in [6.07, 6.45) is 1.10. The van der Waals surface area contributed by atoms with E-state index in [1.807, 2.05) is 0 Å². The second-order valence-electron chi connectivity index (χ2n) is 4.50. The number of likely N-dealkylation sites (tertiary alicyclic amines) is 1. The molecule has 0 spiro atoms. The normalized spacial score (nSPS) is 19.2. The fraction of sp³-hybridized carbons (Fsp3) is 0.364. The van der Waals surface area contributed by atoms with Gasteiger partial charge >= 0.3 is 11.8 Å². The second kappa shape index (κ2) is 4.27. The zero-order valence-corrected chi connectivity index (χ0v) is 10.6. The Balaban J connectivity index is 2.04. The molecule has 1 atom stereocenters. The van der Waals surface area contributed by atoms with Gasteiger partial charge in [-0.25, -0.2) is 14.6 Å². The van der Waals surface area contributed by atoms with Gasteiger partial charge in [-0.3, -0.25) is 4.57 Å². The SMILES string of the molecule is O=C(O)N1CCC(n2c(=O)[nH]c3cc(Cl)cnc32)C1. The first-order valence-corrected chi connectivity index (χ1v) is 6.17. The Morgan fingerprint density at radius 1 is 1.58 bits per heavy atom. The molecule has 0 saturated carbocycles. The molecular weight excluding hydrogens is 272 g/mol. The molecule has 2 aromatic rings. The maximum atomic E-state index is 12.0. The van der Waals surface area contributed by atoms with Crippen LogP contribution in [0, 0.1) is 0 Å². The first-order chi connectivity index (χ1) is 9.06. The number of nitrogens with one attached hydrogen (secondary N) is 1. The summed E-state index contributed by atoms with van der Waals surface area (Å²) in [6, 6.07) is 1.44. The Morgan fingerprint density at radius 3 is 3.05 bits per heavy atom. The minimum absolute atomic E-state index is 0.189. The number of rotatable bonds is 1. The van der Waals surface area contributed by atoms with Crippen molar-refractivity contribution in [3.05, 3.63) is 27.8 Å². The van der Waals surface area contributed by atoms with E-state index in [0.29, 0.717) is 35.7 Å². The molecule has 2 aromatic heterocycles. The number of nitrogens with zero attached hydrogens (tertiary/aromatic N) is 3. The van der Waals surface area contributed by atoms with E-state index in [4.69, 9.17) is 16.7 Å². The Labute approximate surface area is 112 Å². The number of hydrogen-bond donors (Lipinski definition) is 2. The van der Waals surface area contributed by atoms with Gasteiger partial charge in [0.15, 0.2) is 5.65 Å². The van der Waals surface area contributed by atoms with Crippen molar-refractivity contribution >= 4 is 28.9 Å². The Bertz CT molecular complexity index is 708. The molecule has 8 heteroatoms. The van der Waals surface area contributed by atoms with Crippen molar-refractivity contribution in [2.75, 3.05) is 13.1 Å². The van der Waals surface area contributed by atoms with Crippen molar-refractivity contribution in [2.45, 2.75) is 12.5 Å². The summed E-state index contributed by atoms with van der Waals surface area (Å²) in [4.78, 5) is 31.0. The maximum absolute atomic E-state index is 12.0. The van der Waals surface area contributed by atoms with Gasteiger partial charge in [0.2, 0.25) is 0 Å². The average Bonchev–Trinajstić information content (AvgIpc) is 2.91. The molecule has 7 nitrogen and oxygen atoms in total. The number of hydrogen-bond acceptors (Lipinski definition) is 3. The van der Waals surface area contributed by atoms with Gasteiger partial charge in [0.1, 0.15) is 0 Å². The van der Waals surface area contributed by atoms with Crippen molar-refractivity contribution in [3.8, 4) is 0 Å². The molecule has 0 aromatic carbocycles. The van der Waals surface area contributed by atoms with Gasteiger partial charge in [0, 0.05) is 19.3 Å². The lowest BCUT2D eigenvalue weighted by Gasteiger charge is -2.13. The quantitative estimate of drug-likeness (QED) is 0.825. The highest BCUT2D eigenvalue weighted by Crippen LogP contribution is 2.24. The lowest BCUT2D eigenvalue weighted by Crippen LogP contribution is -2.29. The summed E-state index contributed by atoms with van der Waals surface area (Å²) < 4.78 is 1.51. The number of imidazole rings is 1. The standard InChI is InChI=1S/C11H11ClN4O3/c12-6-3-8-9(13-4-6)16(10(17)14-8)7-1-2-15(5-7)11(18)19/h3-4,7H,1-2,5H2,(H,14,17)(H,18,19). The molecule has 1 aliphatic heterocycles. The highest BCUT2D eigenvalue weighted by atomic mass is 35.5. The van der Waals surface area contributed by atoms with Gasteiger partial charge in [-0.2, -0.15) is 0 Å². The van der Waals surface area contributed by atoms with Crippen LogP contribution in [0.5, 0.6) is 0 Å². The molecule has 19 heavy (non-hydrogen) atoms.